The molecule has 168 valence electrons. The highest BCUT2D eigenvalue weighted by molar-refractivity contribution is 5.86. The van der Waals surface area contributed by atoms with Gasteiger partial charge in [-0.15, -0.1) is 10.2 Å². The number of carbonyl (C=O) groups excluding carboxylic acids is 1. The van der Waals surface area contributed by atoms with Crippen LogP contribution in [-0.4, -0.2) is 60.0 Å². The van der Waals surface area contributed by atoms with E-state index in [1.165, 1.54) is 38.5 Å². The second-order valence-corrected chi connectivity index (χ2v) is 9.63. The van der Waals surface area contributed by atoms with Crippen LogP contribution >= 0.6 is 0 Å². The van der Waals surface area contributed by atoms with Crippen LogP contribution < -0.4 is 5.32 Å². The van der Waals surface area contributed by atoms with Crippen molar-refractivity contribution in [2.75, 3.05) is 13.1 Å². The van der Waals surface area contributed by atoms with E-state index in [0.717, 1.165) is 69.0 Å². The van der Waals surface area contributed by atoms with Gasteiger partial charge < -0.3 is 9.88 Å². The predicted octanol–water partition coefficient (Wildman–Crippen LogP) is 2.69. The van der Waals surface area contributed by atoms with Gasteiger partial charge in [-0.1, -0.05) is 25.7 Å². The Morgan fingerprint density at radius 1 is 1.03 bits per heavy atom. The SMILES string of the molecule is Cn1cc(-c2nnc3n2CCC(NC(=O)C2(N4CCCCC4)CCCCC2)CC3)cn1. The van der Waals surface area contributed by atoms with Crippen LogP contribution in [-0.2, 0) is 24.8 Å². The average Bonchev–Trinajstić information content (AvgIpc) is 3.36. The van der Waals surface area contributed by atoms with E-state index in [0.29, 0.717) is 0 Å². The molecule has 1 saturated heterocycles. The first-order valence-corrected chi connectivity index (χ1v) is 12.1. The van der Waals surface area contributed by atoms with Crippen molar-refractivity contribution in [3.8, 4) is 11.4 Å². The molecule has 8 nitrogen and oxygen atoms in total. The van der Waals surface area contributed by atoms with E-state index < -0.39 is 0 Å². The smallest absolute Gasteiger partial charge is 0.240 e. The quantitative estimate of drug-likeness (QED) is 0.815. The van der Waals surface area contributed by atoms with Crippen LogP contribution in [0.5, 0.6) is 0 Å². The third-order valence-electron chi connectivity index (χ3n) is 7.61. The van der Waals surface area contributed by atoms with Crippen molar-refractivity contribution in [3.05, 3.63) is 18.2 Å². The molecular weight excluding hydrogens is 390 g/mol. The Hall–Kier alpha value is -2.22. The summed E-state index contributed by atoms with van der Waals surface area (Å²) in [6, 6.07) is 0.194. The van der Waals surface area contributed by atoms with Crippen LogP contribution in [0.4, 0.5) is 0 Å². The molecule has 2 aliphatic heterocycles. The fourth-order valence-electron chi connectivity index (χ4n) is 5.85. The molecular formula is C23H35N7O. The number of hydrogen-bond acceptors (Lipinski definition) is 5. The molecule has 3 aliphatic rings. The molecule has 2 fully saturated rings. The summed E-state index contributed by atoms with van der Waals surface area (Å²) in [5.41, 5.74) is 0.719. The Labute approximate surface area is 184 Å². The van der Waals surface area contributed by atoms with Crippen LogP contribution in [0, 0.1) is 0 Å². The lowest BCUT2D eigenvalue weighted by molar-refractivity contribution is -0.138. The molecule has 1 N–H and O–H groups in total. The third kappa shape index (κ3) is 4.02. The van der Waals surface area contributed by atoms with Gasteiger partial charge in [-0.25, -0.2) is 0 Å². The number of rotatable bonds is 4. The molecule has 0 bridgehead atoms. The lowest BCUT2D eigenvalue weighted by atomic mass is 9.78. The van der Waals surface area contributed by atoms with Gasteiger partial charge in [-0.05, 0) is 51.6 Å². The molecule has 1 amide bonds. The molecule has 4 heterocycles. The summed E-state index contributed by atoms with van der Waals surface area (Å²) in [5.74, 6) is 2.18. The highest BCUT2D eigenvalue weighted by Gasteiger charge is 2.45. The zero-order chi connectivity index (χ0) is 21.3. The topological polar surface area (TPSA) is 80.9 Å². The van der Waals surface area contributed by atoms with Gasteiger partial charge in [0.25, 0.3) is 0 Å². The molecule has 1 saturated carbocycles. The van der Waals surface area contributed by atoms with Crippen molar-refractivity contribution in [1.82, 2.24) is 34.8 Å². The molecule has 1 atom stereocenters. The maximum Gasteiger partial charge on any atom is 0.240 e. The Balaban J connectivity index is 1.29. The summed E-state index contributed by atoms with van der Waals surface area (Å²) in [6.07, 6.45) is 15.9. The van der Waals surface area contributed by atoms with Gasteiger partial charge in [-0.2, -0.15) is 5.10 Å². The van der Waals surface area contributed by atoms with Gasteiger partial charge in [-0.3, -0.25) is 14.4 Å². The van der Waals surface area contributed by atoms with Crippen LogP contribution in [0.15, 0.2) is 12.4 Å². The Morgan fingerprint density at radius 2 is 1.81 bits per heavy atom. The van der Waals surface area contributed by atoms with Crippen molar-refractivity contribution >= 4 is 5.91 Å². The molecule has 2 aromatic heterocycles. The number of nitrogens with one attached hydrogen (secondary N) is 1. The highest BCUT2D eigenvalue weighted by atomic mass is 16.2. The zero-order valence-electron chi connectivity index (χ0n) is 18.7. The number of nitrogens with zero attached hydrogens (tertiary/aromatic N) is 6. The molecule has 31 heavy (non-hydrogen) atoms. The van der Waals surface area contributed by atoms with E-state index in [2.05, 4.69) is 30.1 Å². The van der Waals surface area contributed by atoms with Crippen molar-refractivity contribution in [1.29, 1.82) is 0 Å². The lowest BCUT2D eigenvalue weighted by Gasteiger charge is -2.47. The Kier molecular flexibility index (Phi) is 5.82. The van der Waals surface area contributed by atoms with Gasteiger partial charge in [0.05, 0.1) is 11.8 Å². The van der Waals surface area contributed by atoms with E-state index in [9.17, 15) is 4.79 Å². The molecule has 8 heteroatoms. The highest BCUT2D eigenvalue weighted by Crippen LogP contribution is 2.36. The minimum absolute atomic E-state index is 0.194. The largest absolute Gasteiger partial charge is 0.352 e. The van der Waals surface area contributed by atoms with Crippen molar-refractivity contribution in [3.63, 3.8) is 0 Å². The minimum Gasteiger partial charge on any atom is -0.352 e. The van der Waals surface area contributed by atoms with E-state index in [4.69, 9.17) is 0 Å². The first kappa shape index (κ1) is 20.7. The van der Waals surface area contributed by atoms with Crippen LogP contribution in [0.1, 0.15) is 70.0 Å². The van der Waals surface area contributed by atoms with Crippen molar-refractivity contribution in [2.45, 2.75) is 88.8 Å². The maximum absolute atomic E-state index is 13.7. The summed E-state index contributed by atoms with van der Waals surface area (Å²) in [7, 11) is 1.91. The van der Waals surface area contributed by atoms with E-state index in [-0.39, 0.29) is 17.5 Å². The number of likely N-dealkylation sites (tertiary alicyclic amines) is 1. The number of aromatic nitrogens is 5. The number of piperidine rings is 1. The third-order valence-corrected chi connectivity index (χ3v) is 7.61. The van der Waals surface area contributed by atoms with Gasteiger partial charge in [0.2, 0.25) is 5.91 Å². The van der Waals surface area contributed by atoms with Crippen molar-refractivity contribution < 1.29 is 4.79 Å². The molecule has 0 spiro atoms. The van der Waals surface area contributed by atoms with Gasteiger partial charge in [0, 0.05) is 32.3 Å². The molecule has 1 aliphatic carbocycles. The number of fused-ring (bicyclic) bond motifs is 1. The predicted molar refractivity (Wildman–Crippen MR) is 118 cm³/mol. The second-order valence-electron chi connectivity index (χ2n) is 9.63. The molecule has 1 unspecified atom stereocenters. The molecule has 0 aromatic carbocycles. The number of hydrogen-bond donors (Lipinski definition) is 1. The lowest BCUT2D eigenvalue weighted by Crippen LogP contribution is -2.62. The second kappa shape index (κ2) is 8.73. The van der Waals surface area contributed by atoms with Gasteiger partial charge in [0.15, 0.2) is 5.82 Å². The summed E-state index contributed by atoms with van der Waals surface area (Å²) < 4.78 is 4.01. The number of amides is 1. The van der Waals surface area contributed by atoms with Gasteiger partial charge >= 0.3 is 0 Å². The van der Waals surface area contributed by atoms with E-state index in [1.54, 1.807) is 4.68 Å². The summed E-state index contributed by atoms with van der Waals surface area (Å²) in [5, 5.41) is 16.6. The number of aryl methyl sites for hydroxylation is 2. The normalized spacial score (nSPS) is 24.4. The first-order chi connectivity index (χ1) is 15.2. The average molecular weight is 426 g/mol. The fraction of sp³-hybridized carbons (Fsp3) is 0.739. The minimum atomic E-state index is -0.277. The zero-order valence-corrected chi connectivity index (χ0v) is 18.7. The Bertz CT molecular complexity index is 905. The monoisotopic (exact) mass is 425 g/mol. The van der Waals surface area contributed by atoms with Crippen LogP contribution in [0.3, 0.4) is 0 Å². The van der Waals surface area contributed by atoms with E-state index in [1.807, 2.05) is 19.4 Å². The van der Waals surface area contributed by atoms with Crippen LogP contribution in [0.2, 0.25) is 0 Å². The first-order valence-electron chi connectivity index (χ1n) is 12.1. The molecule has 0 radical (unpaired) electrons. The van der Waals surface area contributed by atoms with Crippen LogP contribution in [0.25, 0.3) is 11.4 Å². The molecule has 5 rings (SSSR count). The Morgan fingerprint density at radius 3 is 2.55 bits per heavy atom. The molecule has 2 aromatic rings. The fourth-order valence-corrected chi connectivity index (χ4v) is 5.85. The summed E-state index contributed by atoms with van der Waals surface area (Å²) in [6.45, 7) is 2.98. The summed E-state index contributed by atoms with van der Waals surface area (Å²) in [4.78, 5) is 16.2. The van der Waals surface area contributed by atoms with Crippen molar-refractivity contribution in [2.24, 2.45) is 7.05 Å². The van der Waals surface area contributed by atoms with Gasteiger partial charge in [0.1, 0.15) is 11.4 Å². The standard InChI is InChI=1S/C23H35N7O/c1-28-17-18(16-24-28)21-27-26-20-9-8-19(10-15-30(20)21)25-22(31)23(11-4-2-5-12-23)29-13-6-3-7-14-29/h16-17,19H,2-15H2,1H3,(H,25,31). The van der Waals surface area contributed by atoms with E-state index >= 15 is 0 Å². The summed E-state index contributed by atoms with van der Waals surface area (Å²) >= 11 is 0. The number of carbonyl (C=O) groups is 1. The maximum atomic E-state index is 13.7.